The third-order valence-electron chi connectivity index (χ3n) is 5.30. The fraction of sp³-hybridized carbons (Fsp3) is 0.238. The van der Waals surface area contributed by atoms with Crippen molar-refractivity contribution in [2.45, 2.75) is 18.6 Å². The van der Waals surface area contributed by atoms with Crippen LogP contribution in [0.25, 0.3) is 0 Å². The smallest absolute Gasteiger partial charge is 0.284 e. The van der Waals surface area contributed by atoms with Crippen LogP contribution in [-0.4, -0.2) is 23.0 Å². The van der Waals surface area contributed by atoms with Gasteiger partial charge in [-0.15, -0.1) is 6.42 Å². The molecule has 0 radical (unpaired) electrons. The Morgan fingerprint density at radius 2 is 2.21 bits per heavy atom. The zero-order valence-corrected chi connectivity index (χ0v) is 15.4. The number of aromatic nitrogens is 1. The Labute approximate surface area is 166 Å². The number of carbonyl (C=O) groups is 1. The highest BCUT2D eigenvalue weighted by Crippen LogP contribution is 2.57. The van der Waals surface area contributed by atoms with Crippen molar-refractivity contribution in [2.75, 3.05) is 5.32 Å². The Morgan fingerprint density at radius 3 is 2.86 bits per heavy atom. The first-order chi connectivity index (χ1) is 13.9. The van der Waals surface area contributed by atoms with Gasteiger partial charge in [0.2, 0.25) is 0 Å². The maximum absolute atomic E-state index is 14.8. The third kappa shape index (κ3) is 2.95. The van der Waals surface area contributed by atoms with E-state index >= 15 is 0 Å². The summed E-state index contributed by atoms with van der Waals surface area (Å²) in [5, 5.41) is 11.5. The van der Waals surface area contributed by atoms with Crippen LogP contribution in [0.4, 0.5) is 10.1 Å². The van der Waals surface area contributed by atoms with Gasteiger partial charge in [-0.05, 0) is 30.3 Å². The first-order valence-corrected chi connectivity index (χ1v) is 8.87. The number of amidine groups is 1. The van der Waals surface area contributed by atoms with Crippen LogP contribution in [-0.2, 0) is 10.3 Å². The lowest BCUT2D eigenvalue weighted by atomic mass is 9.84. The normalized spacial score (nSPS) is 26.8. The predicted octanol–water partition coefficient (Wildman–Crippen LogP) is 2.15. The van der Waals surface area contributed by atoms with E-state index in [1.807, 2.05) is 13.0 Å². The number of hydrogen-bond donors (Lipinski definition) is 2. The van der Waals surface area contributed by atoms with Crippen molar-refractivity contribution in [3.8, 4) is 18.4 Å². The molecule has 2 aliphatic rings. The van der Waals surface area contributed by atoms with Crippen LogP contribution in [0.2, 0.25) is 0 Å². The van der Waals surface area contributed by atoms with Crippen molar-refractivity contribution in [1.82, 2.24) is 4.98 Å². The summed E-state index contributed by atoms with van der Waals surface area (Å²) in [4.78, 5) is 20.7. The predicted molar refractivity (Wildman–Crippen MR) is 103 cm³/mol. The van der Waals surface area contributed by atoms with Crippen molar-refractivity contribution in [1.29, 1.82) is 5.26 Å². The first-order valence-electron chi connectivity index (χ1n) is 8.87. The van der Waals surface area contributed by atoms with Gasteiger partial charge in [0, 0.05) is 29.3 Å². The summed E-state index contributed by atoms with van der Waals surface area (Å²) < 4.78 is 20.2. The average Bonchev–Trinajstić information content (AvgIpc) is 3.38. The number of aliphatic imine (C=N–C) groups is 1. The summed E-state index contributed by atoms with van der Waals surface area (Å²) in [6.45, 7) is 1.94. The van der Waals surface area contributed by atoms with Gasteiger partial charge in [-0.25, -0.2) is 14.4 Å². The minimum absolute atomic E-state index is 0.0661. The number of terminal acetylenes is 1. The fourth-order valence-electron chi connectivity index (χ4n) is 3.77. The number of hydrogen-bond acceptors (Lipinski definition) is 6. The van der Waals surface area contributed by atoms with Crippen LogP contribution >= 0.6 is 0 Å². The molecule has 1 saturated carbocycles. The molecule has 3 N–H and O–H groups in total. The molecule has 29 heavy (non-hydrogen) atoms. The van der Waals surface area contributed by atoms with Crippen molar-refractivity contribution in [3.05, 3.63) is 59.2 Å². The van der Waals surface area contributed by atoms with E-state index in [-0.39, 0.29) is 35.2 Å². The Hall–Kier alpha value is -3.91. The average molecular weight is 389 g/mol. The molecule has 144 valence electrons. The summed E-state index contributed by atoms with van der Waals surface area (Å²) in [6.07, 6.45) is 6.87. The number of fused-ring (bicyclic) bond motifs is 1. The summed E-state index contributed by atoms with van der Waals surface area (Å²) >= 11 is 0. The van der Waals surface area contributed by atoms with E-state index in [2.05, 4.69) is 21.2 Å². The van der Waals surface area contributed by atoms with E-state index in [1.165, 1.54) is 36.5 Å². The van der Waals surface area contributed by atoms with E-state index in [9.17, 15) is 9.18 Å². The van der Waals surface area contributed by atoms with Crippen LogP contribution in [0.15, 0.2) is 41.5 Å². The molecule has 1 fully saturated rings. The zero-order valence-electron chi connectivity index (χ0n) is 15.4. The molecule has 2 heterocycles. The van der Waals surface area contributed by atoms with Crippen LogP contribution < -0.4 is 11.1 Å². The lowest BCUT2D eigenvalue weighted by Crippen LogP contribution is -2.37. The minimum Gasteiger partial charge on any atom is -0.461 e. The molecule has 1 aliphatic heterocycles. The van der Waals surface area contributed by atoms with E-state index in [0.29, 0.717) is 11.3 Å². The molecule has 0 bridgehead atoms. The van der Waals surface area contributed by atoms with Crippen LogP contribution in [0, 0.1) is 41.3 Å². The van der Waals surface area contributed by atoms with Crippen molar-refractivity contribution < 1.29 is 13.9 Å². The number of nitriles is 1. The van der Waals surface area contributed by atoms with Crippen LogP contribution in [0.1, 0.15) is 28.5 Å². The molecular weight excluding hydrogens is 373 g/mol. The van der Waals surface area contributed by atoms with Gasteiger partial charge in [-0.2, -0.15) is 5.26 Å². The monoisotopic (exact) mass is 389 g/mol. The Balaban J connectivity index is 1.68. The molecule has 0 spiro atoms. The first kappa shape index (κ1) is 18.5. The topological polar surface area (TPSA) is 113 Å². The van der Waals surface area contributed by atoms with Gasteiger partial charge in [-0.1, -0.05) is 12.8 Å². The highest BCUT2D eigenvalue weighted by molar-refractivity contribution is 6.02. The standard InChI is InChI=1S/C21H16FN5O2/c1-3-21(17-11(2)18(17)29-20(24)27-21)14-8-13(5-6-15(14)22)26-19(28)16-7-4-12(9-23)10-25-16/h1,4-8,10-11,17-18H,2H3,(H2,24,27)(H,26,28)/t11-,17+,18-,21-/m1/s1. The number of amides is 1. The molecule has 1 amide bonds. The van der Waals surface area contributed by atoms with Gasteiger partial charge in [0.05, 0.1) is 5.56 Å². The van der Waals surface area contributed by atoms with Gasteiger partial charge in [0.25, 0.3) is 11.9 Å². The van der Waals surface area contributed by atoms with Gasteiger partial charge >= 0.3 is 0 Å². The second kappa shape index (κ2) is 6.61. The number of nitrogens with one attached hydrogen (secondary N) is 1. The van der Waals surface area contributed by atoms with Crippen LogP contribution in [0.5, 0.6) is 0 Å². The largest absolute Gasteiger partial charge is 0.461 e. The molecule has 0 unspecified atom stereocenters. The summed E-state index contributed by atoms with van der Waals surface area (Å²) in [5.41, 5.74) is 5.41. The number of nitrogens with zero attached hydrogens (tertiary/aromatic N) is 3. The molecule has 8 heteroatoms. The van der Waals surface area contributed by atoms with E-state index in [4.69, 9.17) is 22.2 Å². The molecule has 1 aliphatic carbocycles. The Kier molecular flexibility index (Phi) is 4.20. The number of carbonyl (C=O) groups excluding carboxylic acids is 1. The number of ether oxygens (including phenoxy) is 1. The van der Waals surface area contributed by atoms with Gasteiger partial charge in [0.1, 0.15) is 23.7 Å². The van der Waals surface area contributed by atoms with Gasteiger partial charge < -0.3 is 15.8 Å². The quantitative estimate of drug-likeness (QED) is 0.781. The molecular formula is C21H16FN5O2. The lowest BCUT2D eigenvalue weighted by molar-refractivity contribution is 0.102. The van der Waals surface area contributed by atoms with E-state index in [0.717, 1.165) is 0 Å². The number of rotatable bonds is 3. The second-order valence-corrected chi connectivity index (χ2v) is 7.02. The summed E-state index contributed by atoms with van der Waals surface area (Å²) in [6, 6.07) is 8.87. The number of benzene rings is 1. The second-order valence-electron chi connectivity index (χ2n) is 7.02. The molecule has 0 saturated heterocycles. The van der Waals surface area contributed by atoms with E-state index in [1.54, 1.807) is 0 Å². The number of pyridine rings is 1. The molecule has 1 aromatic carbocycles. The molecule has 7 nitrogen and oxygen atoms in total. The number of nitrogens with two attached hydrogens (primary N) is 1. The molecule has 4 rings (SSSR count). The molecule has 1 aromatic heterocycles. The SMILES string of the molecule is C#C[C@]1(c2cc(NC(=O)c3ccc(C#N)cn3)ccc2F)N=C(N)O[C@@H]2[C@H](C)[C@@H]21. The Morgan fingerprint density at radius 1 is 1.41 bits per heavy atom. The maximum atomic E-state index is 14.8. The summed E-state index contributed by atoms with van der Waals surface area (Å²) in [5.74, 6) is 1.41. The number of halogens is 1. The van der Waals surface area contributed by atoms with E-state index < -0.39 is 17.3 Å². The molecule has 2 aromatic rings. The maximum Gasteiger partial charge on any atom is 0.284 e. The molecule has 4 atom stereocenters. The summed E-state index contributed by atoms with van der Waals surface area (Å²) in [7, 11) is 0. The third-order valence-corrected chi connectivity index (χ3v) is 5.30. The zero-order chi connectivity index (χ0) is 20.8. The van der Waals surface area contributed by atoms with Gasteiger partial charge in [-0.3, -0.25) is 4.79 Å². The minimum atomic E-state index is -1.30. The highest BCUT2D eigenvalue weighted by atomic mass is 19.1. The Bertz CT molecular complexity index is 1120. The van der Waals surface area contributed by atoms with Crippen molar-refractivity contribution in [3.63, 3.8) is 0 Å². The lowest BCUT2D eigenvalue weighted by Gasteiger charge is -2.29. The fourth-order valence-corrected chi connectivity index (χ4v) is 3.77. The van der Waals surface area contributed by atoms with Crippen molar-refractivity contribution in [2.24, 2.45) is 22.6 Å². The van der Waals surface area contributed by atoms with Crippen molar-refractivity contribution >= 4 is 17.6 Å². The van der Waals surface area contributed by atoms with Gasteiger partial charge in [0.15, 0.2) is 5.54 Å². The van der Waals surface area contributed by atoms with Crippen LogP contribution in [0.3, 0.4) is 0 Å². The highest BCUT2D eigenvalue weighted by Gasteiger charge is 2.64. The number of anilines is 1.